The third kappa shape index (κ3) is 3.85. The van der Waals surface area contributed by atoms with Crippen molar-refractivity contribution in [2.45, 2.75) is 12.5 Å². The van der Waals surface area contributed by atoms with Gasteiger partial charge in [0.2, 0.25) is 0 Å². The molecule has 2 aromatic carbocycles. The van der Waals surface area contributed by atoms with E-state index in [-0.39, 0.29) is 17.7 Å². The van der Waals surface area contributed by atoms with Gasteiger partial charge in [-0.15, -0.1) is 0 Å². The highest BCUT2D eigenvalue weighted by Gasteiger charge is 2.22. The molecule has 1 fully saturated rings. The van der Waals surface area contributed by atoms with Gasteiger partial charge in [0.25, 0.3) is 5.91 Å². The molecule has 0 saturated carbocycles. The molecule has 1 unspecified atom stereocenters. The number of nitrogens with zero attached hydrogens (tertiary/aromatic N) is 2. The van der Waals surface area contributed by atoms with Crippen molar-refractivity contribution in [2.75, 3.05) is 30.4 Å². The number of benzene rings is 2. The van der Waals surface area contributed by atoms with Gasteiger partial charge in [-0.05, 0) is 30.7 Å². The van der Waals surface area contributed by atoms with Crippen molar-refractivity contribution in [3.8, 4) is 11.3 Å². The number of nitrogens with one attached hydrogen (secondary N) is 1. The van der Waals surface area contributed by atoms with Gasteiger partial charge in [0.1, 0.15) is 0 Å². The zero-order valence-corrected chi connectivity index (χ0v) is 15.1. The standard InChI is InChI=1S/C21H21N3O3/c1-26-18-11-12-24(14-18)17-9-7-16(8-10-17)22-21(25)19-13-20(27-23-19)15-5-3-2-4-6-15/h2-10,13,18H,11-12,14H2,1H3,(H,22,25). The van der Waals surface area contributed by atoms with Gasteiger partial charge in [-0.3, -0.25) is 4.79 Å². The van der Waals surface area contributed by atoms with Gasteiger partial charge < -0.3 is 19.5 Å². The van der Waals surface area contributed by atoms with Gasteiger partial charge >= 0.3 is 0 Å². The first kappa shape index (κ1) is 17.3. The first-order valence-corrected chi connectivity index (χ1v) is 8.94. The van der Waals surface area contributed by atoms with Crippen LogP contribution >= 0.6 is 0 Å². The van der Waals surface area contributed by atoms with Crippen LogP contribution in [-0.2, 0) is 4.74 Å². The van der Waals surface area contributed by atoms with Gasteiger partial charge in [0.05, 0.1) is 6.10 Å². The van der Waals surface area contributed by atoms with Gasteiger partial charge in [-0.2, -0.15) is 0 Å². The Hall–Kier alpha value is -3.12. The van der Waals surface area contributed by atoms with Crippen LogP contribution < -0.4 is 10.2 Å². The summed E-state index contributed by atoms with van der Waals surface area (Å²) in [6.07, 6.45) is 1.32. The number of amides is 1. The lowest BCUT2D eigenvalue weighted by Crippen LogP contribution is -2.22. The maximum absolute atomic E-state index is 12.4. The van der Waals surface area contributed by atoms with Gasteiger partial charge in [0, 0.05) is 43.2 Å². The molecule has 4 rings (SSSR count). The lowest BCUT2D eigenvalue weighted by Gasteiger charge is -2.18. The zero-order chi connectivity index (χ0) is 18.6. The Kier molecular flexibility index (Phi) is 4.89. The van der Waals surface area contributed by atoms with Crippen LogP contribution in [0.25, 0.3) is 11.3 Å². The van der Waals surface area contributed by atoms with Crippen LogP contribution in [-0.4, -0.2) is 37.4 Å². The molecule has 0 bridgehead atoms. The number of methoxy groups -OCH3 is 1. The highest BCUT2D eigenvalue weighted by atomic mass is 16.5. The second-order valence-electron chi connectivity index (χ2n) is 6.54. The Bertz CT molecular complexity index is 906. The summed E-state index contributed by atoms with van der Waals surface area (Å²) in [5.74, 6) is 0.270. The van der Waals surface area contributed by atoms with E-state index >= 15 is 0 Å². The van der Waals surface area contributed by atoms with E-state index in [1.165, 1.54) is 0 Å². The Morgan fingerprint density at radius 2 is 1.96 bits per heavy atom. The number of carbonyl (C=O) groups is 1. The molecule has 6 nitrogen and oxygen atoms in total. The summed E-state index contributed by atoms with van der Waals surface area (Å²) in [4.78, 5) is 14.7. The van der Waals surface area contributed by atoms with Crippen LogP contribution in [0.1, 0.15) is 16.9 Å². The third-order valence-electron chi connectivity index (χ3n) is 4.77. The summed E-state index contributed by atoms with van der Waals surface area (Å²) >= 11 is 0. The molecule has 1 amide bonds. The Morgan fingerprint density at radius 3 is 2.67 bits per heavy atom. The molecule has 6 heteroatoms. The largest absolute Gasteiger partial charge is 0.380 e. The topological polar surface area (TPSA) is 67.6 Å². The molecule has 0 radical (unpaired) electrons. The van der Waals surface area contributed by atoms with E-state index in [0.717, 1.165) is 36.4 Å². The molecule has 1 aliphatic heterocycles. The van der Waals surface area contributed by atoms with E-state index in [1.807, 2.05) is 54.6 Å². The molecule has 138 valence electrons. The fraction of sp³-hybridized carbons (Fsp3) is 0.238. The molecular formula is C21H21N3O3. The number of hydrogen-bond acceptors (Lipinski definition) is 5. The fourth-order valence-electron chi connectivity index (χ4n) is 3.23. The summed E-state index contributed by atoms with van der Waals surface area (Å²) in [5.41, 5.74) is 2.98. The summed E-state index contributed by atoms with van der Waals surface area (Å²) in [7, 11) is 1.75. The van der Waals surface area contributed by atoms with E-state index in [2.05, 4.69) is 15.4 Å². The van der Waals surface area contributed by atoms with Crippen LogP contribution in [0.4, 0.5) is 11.4 Å². The zero-order valence-electron chi connectivity index (χ0n) is 15.1. The van der Waals surface area contributed by atoms with Gasteiger partial charge in [0.15, 0.2) is 11.5 Å². The average molecular weight is 363 g/mol. The van der Waals surface area contributed by atoms with E-state index in [1.54, 1.807) is 13.2 Å². The summed E-state index contributed by atoms with van der Waals surface area (Å²) in [6.45, 7) is 1.87. The predicted octanol–water partition coefficient (Wildman–Crippen LogP) is 3.82. The summed E-state index contributed by atoms with van der Waals surface area (Å²) in [5, 5.41) is 6.73. The van der Waals surface area contributed by atoms with Crippen molar-refractivity contribution in [3.05, 3.63) is 66.4 Å². The van der Waals surface area contributed by atoms with Crippen LogP contribution in [0.5, 0.6) is 0 Å². The summed E-state index contributed by atoms with van der Waals surface area (Å²) < 4.78 is 10.7. The number of ether oxygens (including phenoxy) is 1. The lowest BCUT2D eigenvalue weighted by atomic mass is 10.1. The van der Waals surface area contributed by atoms with Crippen LogP contribution in [0.15, 0.2) is 65.2 Å². The molecule has 0 aliphatic carbocycles. The van der Waals surface area contributed by atoms with Crippen molar-refractivity contribution >= 4 is 17.3 Å². The molecule has 27 heavy (non-hydrogen) atoms. The van der Waals surface area contributed by atoms with Gasteiger partial charge in [-0.1, -0.05) is 35.5 Å². The van der Waals surface area contributed by atoms with Gasteiger partial charge in [-0.25, -0.2) is 0 Å². The predicted molar refractivity (Wildman–Crippen MR) is 104 cm³/mol. The SMILES string of the molecule is COC1CCN(c2ccc(NC(=O)c3cc(-c4ccccc4)on3)cc2)C1. The Morgan fingerprint density at radius 1 is 1.19 bits per heavy atom. The van der Waals surface area contributed by atoms with Crippen molar-refractivity contribution in [2.24, 2.45) is 0 Å². The van der Waals surface area contributed by atoms with E-state index in [0.29, 0.717) is 5.76 Å². The van der Waals surface area contributed by atoms with Crippen molar-refractivity contribution < 1.29 is 14.1 Å². The average Bonchev–Trinajstić information content (AvgIpc) is 3.39. The smallest absolute Gasteiger partial charge is 0.277 e. The molecular weight excluding hydrogens is 342 g/mol. The second kappa shape index (κ2) is 7.63. The van der Waals surface area contributed by atoms with Crippen LogP contribution in [0, 0.1) is 0 Å². The third-order valence-corrected chi connectivity index (χ3v) is 4.77. The maximum atomic E-state index is 12.4. The van der Waals surface area contributed by atoms with Crippen LogP contribution in [0.3, 0.4) is 0 Å². The number of anilines is 2. The van der Waals surface area contributed by atoms with Crippen molar-refractivity contribution in [1.82, 2.24) is 5.16 Å². The minimum absolute atomic E-state index is 0.250. The number of aromatic nitrogens is 1. The highest BCUT2D eigenvalue weighted by Crippen LogP contribution is 2.24. The molecule has 0 spiro atoms. The molecule has 1 saturated heterocycles. The maximum Gasteiger partial charge on any atom is 0.277 e. The fourth-order valence-corrected chi connectivity index (χ4v) is 3.23. The quantitative estimate of drug-likeness (QED) is 0.746. The molecule has 1 aliphatic rings. The summed E-state index contributed by atoms with van der Waals surface area (Å²) in [6, 6.07) is 19.0. The minimum atomic E-state index is -0.297. The highest BCUT2D eigenvalue weighted by molar-refractivity contribution is 6.03. The van der Waals surface area contributed by atoms with Crippen LogP contribution in [0.2, 0.25) is 0 Å². The molecule has 1 N–H and O–H groups in total. The minimum Gasteiger partial charge on any atom is -0.380 e. The second-order valence-corrected chi connectivity index (χ2v) is 6.54. The molecule has 1 atom stereocenters. The van der Waals surface area contributed by atoms with E-state index in [4.69, 9.17) is 9.26 Å². The molecule has 3 aromatic rings. The molecule has 1 aromatic heterocycles. The number of carbonyl (C=O) groups excluding carboxylic acids is 1. The molecule has 2 heterocycles. The number of rotatable bonds is 5. The normalized spacial score (nSPS) is 16.5. The Labute approximate surface area is 157 Å². The Balaban J connectivity index is 1.41. The first-order chi connectivity index (χ1) is 13.2. The lowest BCUT2D eigenvalue weighted by molar-refractivity contribution is 0.101. The number of hydrogen-bond donors (Lipinski definition) is 1. The van der Waals surface area contributed by atoms with Crippen molar-refractivity contribution in [3.63, 3.8) is 0 Å². The van der Waals surface area contributed by atoms with Crippen molar-refractivity contribution in [1.29, 1.82) is 0 Å². The van der Waals surface area contributed by atoms with E-state index < -0.39 is 0 Å². The monoisotopic (exact) mass is 363 g/mol. The first-order valence-electron chi connectivity index (χ1n) is 8.94. The van der Waals surface area contributed by atoms with E-state index in [9.17, 15) is 4.79 Å².